The van der Waals surface area contributed by atoms with Gasteiger partial charge >= 0.3 is 0 Å². The maximum absolute atomic E-state index is 11.0. The van der Waals surface area contributed by atoms with E-state index < -0.39 is 0 Å². The average molecular weight is 356 g/mol. The molecule has 0 fully saturated rings. The third-order valence-electron chi connectivity index (χ3n) is 2.91. The molecule has 1 N–H and O–H groups in total. The van der Waals surface area contributed by atoms with E-state index in [0.29, 0.717) is 21.6 Å². The molecular formula is C14H12BrClN2O2. The molecule has 0 aliphatic rings. The third-order valence-corrected chi connectivity index (χ3v) is 3.64. The molecule has 0 saturated carbocycles. The monoisotopic (exact) mass is 354 g/mol. The maximum Gasteiger partial charge on any atom is 0.275 e. The Bertz CT molecular complexity index is 662. The van der Waals surface area contributed by atoms with E-state index in [4.69, 9.17) is 11.6 Å². The first-order valence-corrected chi connectivity index (χ1v) is 7.07. The van der Waals surface area contributed by atoms with Gasteiger partial charge in [-0.25, -0.2) is 0 Å². The number of nitro benzene ring substituents is 1. The van der Waals surface area contributed by atoms with Crippen LogP contribution < -0.4 is 5.32 Å². The largest absolute Gasteiger partial charge is 0.380 e. The highest BCUT2D eigenvalue weighted by Gasteiger charge is 2.14. The Morgan fingerprint density at radius 2 is 2.05 bits per heavy atom. The van der Waals surface area contributed by atoms with Gasteiger partial charge in [-0.05, 0) is 36.8 Å². The molecule has 6 heteroatoms. The fourth-order valence-corrected chi connectivity index (χ4v) is 2.35. The number of rotatable bonds is 4. The normalized spacial score (nSPS) is 10.3. The van der Waals surface area contributed by atoms with Crippen molar-refractivity contribution in [1.29, 1.82) is 0 Å². The van der Waals surface area contributed by atoms with Crippen LogP contribution in [0.25, 0.3) is 0 Å². The standard InChI is InChI=1S/C14H12BrClN2O2/c1-9-2-5-12(16)7-13(9)17-8-10-3-4-11(15)6-14(10)18(19)20/h2-7,17H,8H2,1H3. The van der Waals surface area contributed by atoms with Crippen LogP contribution in [0.15, 0.2) is 40.9 Å². The van der Waals surface area contributed by atoms with Crippen molar-refractivity contribution < 1.29 is 4.92 Å². The molecule has 0 aliphatic carbocycles. The number of nitro groups is 1. The highest BCUT2D eigenvalue weighted by molar-refractivity contribution is 9.10. The Labute approximate surface area is 130 Å². The summed E-state index contributed by atoms with van der Waals surface area (Å²) in [5.41, 5.74) is 2.62. The van der Waals surface area contributed by atoms with E-state index in [-0.39, 0.29) is 10.6 Å². The van der Waals surface area contributed by atoms with Crippen LogP contribution in [-0.2, 0) is 6.54 Å². The lowest BCUT2D eigenvalue weighted by atomic mass is 10.1. The van der Waals surface area contributed by atoms with Crippen LogP contribution in [0.2, 0.25) is 5.02 Å². The minimum absolute atomic E-state index is 0.0894. The first kappa shape index (κ1) is 14.8. The highest BCUT2D eigenvalue weighted by atomic mass is 79.9. The molecule has 0 heterocycles. The molecule has 2 rings (SSSR count). The Hall–Kier alpha value is -1.59. The first-order valence-electron chi connectivity index (χ1n) is 5.90. The SMILES string of the molecule is Cc1ccc(Cl)cc1NCc1ccc(Br)cc1[N+](=O)[O-]. The number of aryl methyl sites for hydroxylation is 1. The second kappa shape index (κ2) is 6.24. The molecule has 0 aromatic heterocycles. The molecule has 20 heavy (non-hydrogen) atoms. The topological polar surface area (TPSA) is 55.2 Å². The van der Waals surface area contributed by atoms with Crippen molar-refractivity contribution in [2.45, 2.75) is 13.5 Å². The van der Waals surface area contributed by atoms with Gasteiger partial charge in [0.15, 0.2) is 0 Å². The molecule has 104 valence electrons. The summed E-state index contributed by atoms with van der Waals surface area (Å²) in [6.07, 6.45) is 0. The van der Waals surface area contributed by atoms with Crippen molar-refractivity contribution in [3.05, 3.63) is 67.1 Å². The molecule has 0 atom stereocenters. The van der Waals surface area contributed by atoms with Crippen molar-refractivity contribution in [2.24, 2.45) is 0 Å². The van der Waals surface area contributed by atoms with Crippen molar-refractivity contribution in [2.75, 3.05) is 5.32 Å². The van der Waals surface area contributed by atoms with E-state index in [9.17, 15) is 10.1 Å². The van der Waals surface area contributed by atoms with Crippen molar-refractivity contribution >= 4 is 38.9 Å². The molecule has 2 aromatic rings. The van der Waals surface area contributed by atoms with Gasteiger partial charge in [-0.2, -0.15) is 0 Å². The van der Waals surface area contributed by atoms with E-state index in [2.05, 4.69) is 21.2 Å². The number of anilines is 1. The van der Waals surface area contributed by atoms with Gasteiger partial charge < -0.3 is 5.32 Å². The van der Waals surface area contributed by atoms with Crippen LogP contribution in [0.4, 0.5) is 11.4 Å². The lowest BCUT2D eigenvalue weighted by Gasteiger charge is -2.10. The van der Waals surface area contributed by atoms with Crippen LogP contribution in [-0.4, -0.2) is 4.92 Å². The molecule has 2 aromatic carbocycles. The molecular weight excluding hydrogens is 344 g/mol. The summed E-state index contributed by atoms with van der Waals surface area (Å²) in [5, 5.41) is 14.9. The lowest BCUT2D eigenvalue weighted by Crippen LogP contribution is -2.04. The molecule has 0 spiro atoms. The van der Waals surface area contributed by atoms with Crippen molar-refractivity contribution in [3.63, 3.8) is 0 Å². The van der Waals surface area contributed by atoms with E-state index >= 15 is 0 Å². The van der Waals surface area contributed by atoms with Crippen molar-refractivity contribution in [3.8, 4) is 0 Å². The molecule has 4 nitrogen and oxygen atoms in total. The third kappa shape index (κ3) is 3.49. The predicted molar refractivity (Wildman–Crippen MR) is 84.3 cm³/mol. The van der Waals surface area contributed by atoms with Gasteiger partial charge in [0.25, 0.3) is 5.69 Å². The van der Waals surface area contributed by atoms with Gasteiger partial charge in [0.2, 0.25) is 0 Å². The van der Waals surface area contributed by atoms with Gasteiger partial charge in [0.1, 0.15) is 0 Å². The number of nitrogens with one attached hydrogen (secondary N) is 1. The van der Waals surface area contributed by atoms with E-state index in [0.717, 1.165) is 11.3 Å². The Kier molecular flexibility index (Phi) is 4.62. The predicted octanol–water partition coefficient (Wildman–Crippen LogP) is 4.93. The van der Waals surface area contributed by atoms with Gasteiger partial charge in [-0.15, -0.1) is 0 Å². The number of hydrogen-bond acceptors (Lipinski definition) is 3. The first-order chi connectivity index (χ1) is 9.47. The zero-order chi connectivity index (χ0) is 14.7. The Morgan fingerprint density at radius 3 is 2.75 bits per heavy atom. The smallest absolute Gasteiger partial charge is 0.275 e. The van der Waals surface area contributed by atoms with E-state index in [1.54, 1.807) is 12.1 Å². The number of hydrogen-bond donors (Lipinski definition) is 1. The summed E-state index contributed by atoms with van der Waals surface area (Å²) >= 11 is 9.19. The summed E-state index contributed by atoms with van der Waals surface area (Å²) < 4.78 is 0.687. The fraction of sp³-hybridized carbons (Fsp3) is 0.143. The summed E-state index contributed by atoms with van der Waals surface area (Å²) in [6.45, 7) is 2.32. The van der Waals surface area contributed by atoms with Crippen LogP contribution in [0.1, 0.15) is 11.1 Å². The molecule has 0 aliphatic heterocycles. The van der Waals surface area contributed by atoms with Gasteiger partial charge in [0.05, 0.1) is 4.92 Å². The molecule has 0 radical (unpaired) electrons. The molecule has 0 amide bonds. The van der Waals surface area contributed by atoms with Crippen molar-refractivity contribution in [1.82, 2.24) is 0 Å². The highest BCUT2D eigenvalue weighted by Crippen LogP contribution is 2.26. The molecule has 0 saturated heterocycles. The second-order valence-corrected chi connectivity index (χ2v) is 5.70. The van der Waals surface area contributed by atoms with Gasteiger partial charge in [-0.3, -0.25) is 10.1 Å². The van der Waals surface area contributed by atoms with Crippen LogP contribution >= 0.6 is 27.5 Å². The van der Waals surface area contributed by atoms with E-state index in [1.165, 1.54) is 6.07 Å². The number of nitrogens with zero attached hydrogens (tertiary/aromatic N) is 1. The van der Waals surface area contributed by atoms with Crippen LogP contribution in [0.5, 0.6) is 0 Å². The number of benzene rings is 2. The Morgan fingerprint density at radius 1 is 1.30 bits per heavy atom. The number of halogens is 2. The quantitative estimate of drug-likeness (QED) is 0.625. The minimum Gasteiger partial charge on any atom is -0.380 e. The Balaban J connectivity index is 2.23. The van der Waals surface area contributed by atoms with Crippen LogP contribution in [0, 0.1) is 17.0 Å². The zero-order valence-corrected chi connectivity index (χ0v) is 13.0. The van der Waals surface area contributed by atoms with Gasteiger partial charge in [-0.1, -0.05) is 33.6 Å². The summed E-state index contributed by atoms with van der Waals surface area (Å²) in [5.74, 6) is 0. The minimum atomic E-state index is -0.382. The summed E-state index contributed by atoms with van der Waals surface area (Å²) in [7, 11) is 0. The molecule has 0 unspecified atom stereocenters. The second-order valence-electron chi connectivity index (χ2n) is 4.34. The average Bonchev–Trinajstić information content (AvgIpc) is 2.40. The summed E-state index contributed by atoms with van der Waals surface area (Å²) in [6, 6.07) is 10.5. The molecule has 0 bridgehead atoms. The lowest BCUT2D eigenvalue weighted by molar-refractivity contribution is -0.385. The zero-order valence-electron chi connectivity index (χ0n) is 10.7. The van der Waals surface area contributed by atoms with E-state index in [1.807, 2.05) is 25.1 Å². The van der Waals surface area contributed by atoms with Gasteiger partial charge in [0, 0.05) is 33.4 Å². The van der Waals surface area contributed by atoms with Crippen LogP contribution in [0.3, 0.4) is 0 Å². The fourth-order valence-electron chi connectivity index (χ4n) is 1.83. The maximum atomic E-state index is 11.0. The summed E-state index contributed by atoms with van der Waals surface area (Å²) in [4.78, 5) is 10.7.